The number of hydrogen-bond donors (Lipinski definition) is 3. The molecule has 1 fully saturated rings. The SMILES string of the molecule is O=C1NCC(O)N1O. The molecule has 1 aliphatic heterocycles. The molecule has 1 atom stereocenters. The zero-order valence-electron chi connectivity index (χ0n) is 4.03. The Balaban J connectivity index is 2.56. The van der Waals surface area contributed by atoms with E-state index in [9.17, 15) is 4.79 Å². The molecule has 5 nitrogen and oxygen atoms in total. The molecule has 0 aromatic carbocycles. The third kappa shape index (κ3) is 0.613. The molecule has 3 N–H and O–H groups in total. The Labute approximate surface area is 45.5 Å². The Hall–Kier alpha value is -0.810. The molecule has 1 rings (SSSR count). The zero-order chi connectivity index (χ0) is 6.15. The number of urea groups is 1. The monoisotopic (exact) mass is 118 g/mol. The van der Waals surface area contributed by atoms with Crippen LogP contribution in [0.5, 0.6) is 0 Å². The van der Waals surface area contributed by atoms with Crippen LogP contribution in [0.1, 0.15) is 0 Å². The molecule has 0 spiro atoms. The first-order valence-corrected chi connectivity index (χ1v) is 2.16. The summed E-state index contributed by atoms with van der Waals surface area (Å²) in [6, 6.07) is -0.655. The van der Waals surface area contributed by atoms with Crippen LogP contribution < -0.4 is 5.32 Å². The molecule has 0 aromatic heterocycles. The van der Waals surface area contributed by atoms with Gasteiger partial charge in [0, 0.05) is 0 Å². The van der Waals surface area contributed by atoms with Gasteiger partial charge in [0.25, 0.3) is 0 Å². The van der Waals surface area contributed by atoms with Crippen molar-refractivity contribution in [2.24, 2.45) is 0 Å². The second kappa shape index (κ2) is 1.61. The van der Waals surface area contributed by atoms with Gasteiger partial charge in [-0.3, -0.25) is 5.21 Å². The van der Waals surface area contributed by atoms with Crippen molar-refractivity contribution in [2.75, 3.05) is 6.54 Å². The van der Waals surface area contributed by atoms with Gasteiger partial charge in [0.1, 0.15) is 0 Å². The standard InChI is InChI=1S/C3H6N2O3/c6-2-1-4-3(7)5(2)8/h2,6,8H,1H2,(H,4,7). The van der Waals surface area contributed by atoms with Crippen molar-refractivity contribution in [3.05, 3.63) is 0 Å². The van der Waals surface area contributed by atoms with Crippen molar-refractivity contribution in [1.82, 2.24) is 10.4 Å². The molecule has 0 aromatic rings. The maximum atomic E-state index is 10.2. The summed E-state index contributed by atoms with van der Waals surface area (Å²) in [5, 5.41) is 19.5. The number of amides is 2. The zero-order valence-corrected chi connectivity index (χ0v) is 4.03. The number of aliphatic hydroxyl groups excluding tert-OH is 1. The number of nitrogens with zero attached hydrogens (tertiary/aromatic N) is 1. The van der Waals surface area contributed by atoms with Crippen LogP contribution in [0.4, 0.5) is 4.79 Å². The van der Waals surface area contributed by atoms with E-state index in [2.05, 4.69) is 5.32 Å². The summed E-state index contributed by atoms with van der Waals surface area (Å²) in [7, 11) is 0. The average molecular weight is 118 g/mol. The minimum Gasteiger partial charge on any atom is -0.370 e. The highest BCUT2D eigenvalue weighted by atomic mass is 16.6. The summed E-state index contributed by atoms with van der Waals surface area (Å²) in [6.45, 7) is 0.0926. The maximum Gasteiger partial charge on any atom is 0.343 e. The smallest absolute Gasteiger partial charge is 0.343 e. The molecule has 1 unspecified atom stereocenters. The molecular weight excluding hydrogens is 112 g/mol. The number of carbonyl (C=O) groups excluding carboxylic acids is 1. The van der Waals surface area contributed by atoms with E-state index in [0.717, 1.165) is 0 Å². The van der Waals surface area contributed by atoms with E-state index >= 15 is 0 Å². The van der Waals surface area contributed by atoms with Crippen molar-refractivity contribution in [1.29, 1.82) is 0 Å². The van der Waals surface area contributed by atoms with Gasteiger partial charge in [-0.1, -0.05) is 0 Å². The van der Waals surface area contributed by atoms with Crippen molar-refractivity contribution < 1.29 is 15.1 Å². The van der Waals surface area contributed by atoms with E-state index in [0.29, 0.717) is 0 Å². The summed E-state index contributed by atoms with van der Waals surface area (Å²) < 4.78 is 0. The number of nitrogens with one attached hydrogen (secondary N) is 1. The Morgan fingerprint density at radius 2 is 2.50 bits per heavy atom. The lowest BCUT2D eigenvalue weighted by Gasteiger charge is -2.06. The summed E-state index contributed by atoms with van der Waals surface area (Å²) >= 11 is 0. The molecule has 2 amide bonds. The first kappa shape index (κ1) is 5.33. The van der Waals surface area contributed by atoms with Crippen LogP contribution in [0.15, 0.2) is 0 Å². The normalized spacial score (nSPS) is 28.5. The number of hydrogen-bond acceptors (Lipinski definition) is 3. The third-order valence-corrected chi connectivity index (χ3v) is 0.926. The highest BCUT2D eigenvalue weighted by Gasteiger charge is 2.26. The molecule has 1 aliphatic rings. The van der Waals surface area contributed by atoms with E-state index in [4.69, 9.17) is 10.3 Å². The minimum absolute atomic E-state index is 0.0926. The molecule has 46 valence electrons. The van der Waals surface area contributed by atoms with Gasteiger partial charge < -0.3 is 10.4 Å². The Bertz CT molecular complexity index is 115. The highest BCUT2D eigenvalue weighted by molar-refractivity contribution is 5.75. The number of hydroxylamine groups is 2. The number of aliphatic hydroxyl groups is 1. The first-order chi connectivity index (χ1) is 3.72. The van der Waals surface area contributed by atoms with Crippen molar-refractivity contribution >= 4 is 6.03 Å². The summed E-state index contributed by atoms with van der Waals surface area (Å²) in [5.74, 6) is 0. The van der Waals surface area contributed by atoms with Gasteiger partial charge in [0.15, 0.2) is 6.23 Å². The van der Waals surface area contributed by atoms with E-state index in [1.807, 2.05) is 0 Å². The van der Waals surface area contributed by atoms with Gasteiger partial charge in [-0.2, -0.15) is 5.06 Å². The first-order valence-electron chi connectivity index (χ1n) is 2.16. The number of carbonyl (C=O) groups is 1. The molecule has 0 bridgehead atoms. The lowest BCUT2D eigenvalue weighted by Crippen LogP contribution is -2.29. The molecular formula is C3H6N2O3. The Kier molecular flexibility index (Phi) is 1.07. The van der Waals surface area contributed by atoms with Crippen LogP contribution in [0.2, 0.25) is 0 Å². The average Bonchev–Trinajstić information content (AvgIpc) is 1.98. The largest absolute Gasteiger partial charge is 0.370 e. The van der Waals surface area contributed by atoms with Crippen LogP contribution >= 0.6 is 0 Å². The van der Waals surface area contributed by atoms with Crippen LogP contribution in [0, 0.1) is 0 Å². The second-order valence-electron chi connectivity index (χ2n) is 1.51. The van der Waals surface area contributed by atoms with Gasteiger partial charge in [-0.05, 0) is 0 Å². The summed E-state index contributed by atoms with van der Waals surface area (Å²) in [5.41, 5.74) is 0. The van der Waals surface area contributed by atoms with E-state index in [-0.39, 0.29) is 11.6 Å². The third-order valence-electron chi connectivity index (χ3n) is 0.926. The number of rotatable bonds is 0. The van der Waals surface area contributed by atoms with Gasteiger partial charge in [-0.15, -0.1) is 0 Å². The molecule has 1 saturated heterocycles. The van der Waals surface area contributed by atoms with Crippen LogP contribution in [0.25, 0.3) is 0 Å². The highest BCUT2D eigenvalue weighted by Crippen LogP contribution is 1.97. The predicted molar refractivity (Wildman–Crippen MR) is 23.0 cm³/mol. The molecule has 5 heteroatoms. The van der Waals surface area contributed by atoms with E-state index in [1.54, 1.807) is 0 Å². The quantitative estimate of drug-likeness (QED) is 0.347. The Morgan fingerprint density at radius 1 is 1.88 bits per heavy atom. The van der Waals surface area contributed by atoms with Gasteiger partial charge in [-0.25, -0.2) is 4.79 Å². The molecule has 1 heterocycles. The topological polar surface area (TPSA) is 72.8 Å². The number of β-amino-alcohol motifs (C(OH)–C–C–N with tert-alkyl or cyclic N) is 1. The second-order valence-corrected chi connectivity index (χ2v) is 1.51. The fourth-order valence-electron chi connectivity index (χ4n) is 0.481. The lowest BCUT2D eigenvalue weighted by atomic mass is 10.6. The fraction of sp³-hybridized carbons (Fsp3) is 0.667. The van der Waals surface area contributed by atoms with Gasteiger partial charge in [0.05, 0.1) is 6.54 Å². The van der Waals surface area contributed by atoms with Gasteiger partial charge >= 0.3 is 6.03 Å². The Morgan fingerprint density at radius 3 is 2.62 bits per heavy atom. The fourth-order valence-corrected chi connectivity index (χ4v) is 0.481. The van der Waals surface area contributed by atoms with Crippen molar-refractivity contribution in [3.8, 4) is 0 Å². The van der Waals surface area contributed by atoms with E-state index in [1.165, 1.54) is 0 Å². The molecule has 0 saturated carbocycles. The molecule has 0 aliphatic carbocycles. The maximum absolute atomic E-state index is 10.2. The lowest BCUT2D eigenvalue weighted by molar-refractivity contribution is -0.130. The van der Waals surface area contributed by atoms with Crippen LogP contribution in [-0.4, -0.2) is 34.2 Å². The molecule has 8 heavy (non-hydrogen) atoms. The van der Waals surface area contributed by atoms with Crippen molar-refractivity contribution in [2.45, 2.75) is 6.23 Å². The van der Waals surface area contributed by atoms with E-state index < -0.39 is 12.3 Å². The molecule has 0 radical (unpaired) electrons. The van der Waals surface area contributed by atoms with Gasteiger partial charge in [0.2, 0.25) is 0 Å². The minimum atomic E-state index is -1.08. The van der Waals surface area contributed by atoms with Crippen LogP contribution in [-0.2, 0) is 0 Å². The summed E-state index contributed by atoms with van der Waals surface area (Å²) in [6.07, 6.45) is -1.08. The van der Waals surface area contributed by atoms with Crippen molar-refractivity contribution in [3.63, 3.8) is 0 Å². The van der Waals surface area contributed by atoms with Crippen LogP contribution in [0.3, 0.4) is 0 Å². The summed E-state index contributed by atoms with van der Waals surface area (Å²) in [4.78, 5) is 10.2. The predicted octanol–water partition coefficient (Wildman–Crippen LogP) is -1.28.